The van der Waals surface area contributed by atoms with Gasteiger partial charge in [0.15, 0.2) is 6.10 Å². The van der Waals surface area contributed by atoms with Crippen molar-refractivity contribution in [1.82, 2.24) is 0 Å². The van der Waals surface area contributed by atoms with Gasteiger partial charge in [0.25, 0.3) is 5.69 Å². The van der Waals surface area contributed by atoms with Crippen molar-refractivity contribution in [3.8, 4) is 0 Å². The van der Waals surface area contributed by atoms with Crippen molar-refractivity contribution in [3.05, 3.63) is 69.2 Å². The van der Waals surface area contributed by atoms with Gasteiger partial charge in [-0.25, -0.2) is 0 Å². The molecule has 0 amide bonds. The number of benzene rings is 2. The lowest BCUT2D eigenvalue weighted by atomic mass is 9.96. The quantitative estimate of drug-likeness (QED) is 0.302. The number of ether oxygens (including phenoxy) is 1. The van der Waals surface area contributed by atoms with Gasteiger partial charge >= 0.3 is 5.97 Å². The van der Waals surface area contributed by atoms with E-state index in [1.807, 2.05) is 4.90 Å². The van der Waals surface area contributed by atoms with E-state index in [1.54, 1.807) is 49.4 Å². The summed E-state index contributed by atoms with van der Waals surface area (Å²) in [5, 5.41) is 11.7. The number of Topliss-reactive ketones (excluding diaryl/α,β-unsaturated/α-hetero) is 1. The second-order valence-corrected chi connectivity index (χ2v) is 7.40. The van der Waals surface area contributed by atoms with Crippen LogP contribution in [0.5, 0.6) is 0 Å². The van der Waals surface area contributed by atoms with Crippen LogP contribution in [0.3, 0.4) is 0 Å². The lowest BCUT2D eigenvalue weighted by Crippen LogP contribution is -2.38. The van der Waals surface area contributed by atoms with Gasteiger partial charge in [-0.2, -0.15) is 0 Å². The highest BCUT2D eigenvalue weighted by molar-refractivity contribution is 6.31. The van der Waals surface area contributed by atoms with Crippen molar-refractivity contribution in [2.24, 2.45) is 5.92 Å². The SMILES string of the molecule is C[C@H](OC(=O)C1CCN(c2ccccc2[N+](=O)[O-])CC1)C(=O)c1cccc(Cl)c1. The zero-order chi connectivity index (χ0) is 21.0. The number of para-hydroxylation sites is 2. The number of piperidine rings is 1. The number of esters is 1. The topological polar surface area (TPSA) is 89.8 Å². The van der Waals surface area contributed by atoms with Crippen molar-refractivity contribution in [3.63, 3.8) is 0 Å². The Balaban J connectivity index is 1.58. The van der Waals surface area contributed by atoms with Crippen LogP contribution in [0.25, 0.3) is 0 Å². The standard InChI is InChI=1S/C21H21ClN2O5/c1-14(20(25)16-5-4-6-17(22)13-16)29-21(26)15-9-11-23(12-10-15)18-7-2-3-8-19(18)24(27)28/h2-8,13-15H,9-12H2,1H3/t14-/m0/s1. The molecule has 1 fully saturated rings. The molecule has 2 aromatic rings. The number of anilines is 1. The molecule has 0 saturated carbocycles. The van der Waals surface area contributed by atoms with Gasteiger partial charge in [-0.05, 0) is 38.0 Å². The molecule has 0 N–H and O–H groups in total. The third kappa shape index (κ3) is 4.92. The number of carbonyl (C=O) groups is 2. The van der Waals surface area contributed by atoms with E-state index < -0.39 is 17.0 Å². The summed E-state index contributed by atoms with van der Waals surface area (Å²) in [4.78, 5) is 37.7. The van der Waals surface area contributed by atoms with Gasteiger partial charge in [0.1, 0.15) is 5.69 Å². The van der Waals surface area contributed by atoms with E-state index in [0.29, 0.717) is 42.2 Å². The van der Waals surface area contributed by atoms with Gasteiger partial charge < -0.3 is 9.64 Å². The fourth-order valence-electron chi connectivity index (χ4n) is 3.44. The maximum atomic E-state index is 12.5. The van der Waals surface area contributed by atoms with Crippen molar-refractivity contribution >= 4 is 34.7 Å². The molecule has 1 aliphatic heterocycles. The second kappa shape index (κ2) is 9.05. The predicted octanol–water partition coefficient (Wildman–Crippen LogP) is 4.28. The number of nitro benzene ring substituents is 1. The summed E-state index contributed by atoms with van der Waals surface area (Å²) >= 11 is 5.91. The molecule has 1 atom stereocenters. The van der Waals surface area contributed by atoms with Crippen molar-refractivity contribution in [2.45, 2.75) is 25.9 Å². The van der Waals surface area contributed by atoms with Gasteiger partial charge in [-0.15, -0.1) is 0 Å². The first-order valence-corrected chi connectivity index (χ1v) is 9.73. The normalized spacial score (nSPS) is 15.6. The van der Waals surface area contributed by atoms with Crippen LogP contribution >= 0.6 is 11.6 Å². The number of rotatable bonds is 6. The number of hydrogen-bond acceptors (Lipinski definition) is 6. The number of hydrogen-bond donors (Lipinski definition) is 0. The summed E-state index contributed by atoms with van der Waals surface area (Å²) in [6.07, 6.45) is 0.0977. The van der Waals surface area contributed by atoms with Crippen LogP contribution in [0.1, 0.15) is 30.1 Å². The van der Waals surface area contributed by atoms with Crippen LogP contribution < -0.4 is 4.90 Å². The molecule has 1 saturated heterocycles. The highest BCUT2D eigenvalue weighted by Gasteiger charge is 2.31. The molecule has 152 valence electrons. The molecule has 0 radical (unpaired) electrons. The Morgan fingerprint density at radius 3 is 2.52 bits per heavy atom. The van der Waals surface area contributed by atoms with E-state index in [0.717, 1.165) is 0 Å². The molecular formula is C21H21ClN2O5. The first-order valence-electron chi connectivity index (χ1n) is 9.35. The van der Waals surface area contributed by atoms with Crippen LogP contribution in [-0.2, 0) is 9.53 Å². The summed E-state index contributed by atoms with van der Waals surface area (Å²) in [6.45, 7) is 2.55. The Hall–Kier alpha value is -2.93. The molecular weight excluding hydrogens is 396 g/mol. The minimum absolute atomic E-state index is 0.0502. The molecule has 0 aromatic heterocycles. The Bertz CT molecular complexity index is 925. The second-order valence-electron chi connectivity index (χ2n) is 6.96. The summed E-state index contributed by atoms with van der Waals surface area (Å²) in [6, 6.07) is 13.1. The van der Waals surface area contributed by atoms with Crippen LogP contribution in [0.2, 0.25) is 5.02 Å². The number of halogens is 1. The number of nitro groups is 1. The Labute approximate surface area is 173 Å². The summed E-state index contributed by atoms with van der Waals surface area (Å²) in [7, 11) is 0. The Morgan fingerprint density at radius 2 is 1.86 bits per heavy atom. The molecule has 8 heteroatoms. The number of ketones is 1. The largest absolute Gasteiger partial charge is 0.454 e. The monoisotopic (exact) mass is 416 g/mol. The maximum absolute atomic E-state index is 12.5. The summed E-state index contributed by atoms with van der Waals surface area (Å²) in [5.41, 5.74) is 0.993. The van der Waals surface area contributed by atoms with E-state index in [9.17, 15) is 19.7 Å². The lowest BCUT2D eigenvalue weighted by molar-refractivity contribution is -0.384. The molecule has 0 aliphatic carbocycles. The average Bonchev–Trinajstić information content (AvgIpc) is 2.73. The number of carbonyl (C=O) groups excluding carboxylic acids is 2. The minimum Gasteiger partial charge on any atom is -0.454 e. The third-order valence-corrected chi connectivity index (χ3v) is 5.25. The molecule has 0 unspecified atom stereocenters. The van der Waals surface area contributed by atoms with Gasteiger partial charge in [0.05, 0.1) is 10.8 Å². The minimum atomic E-state index is -0.908. The first-order chi connectivity index (χ1) is 13.9. The van der Waals surface area contributed by atoms with Crippen LogP contribution in [0.15, 0.2) is 48.5 Å². The van der Waals surface area contributed by atoms with E-state index in [4.69, 9.17) is 16.3 Å². The van der Waals surface area contributed by atoms with Crippen molar-refractivity contribution in [2.75, 3.05) is 18.0 Å². The van der Waals surface area contributed by atoms with Gasteiger partial charge in [-0.1, -0.05) is 35.9 Å². The zero-order valence-electron chi connectivity index (χ0n) is 15.9. The van der Waals surface area contributed by atoms with Gasteiger partial charge in [0.2, 0.25) is 5.78 Å². The van der Waals surface area contributed by atoms with E-state index >= 15 is 0 Å². The maximum Gasteiger partial charge on any atom is 0.309 e. The smallest absolute Gasteiger partial charge is 0.309 e. The van der Waals surface area contributed by atoms with Crippen LogP contribution in [-0.4, -0.2) is 35.9 Å². The van der Waals surface area contributed by atoms with E-state index in [-0.39, 0.29) is 17.4 Å². The molecule has 0 spiro atoms. The molecule has 1 heterocycles. The number of nitrogens with zero attached hydrogens (tertiary/aromatic N) is 2. The van der Waals surface area contributed by atoms with Gasteiger partial charge in [0, 0.05) is 29.7 Å². The molecule has 7 nitrogen and oxygen atoms in total. The third-order valence-electron chi connectivity index (χ3n) is 5.02. The predicted molar refractivity (Wildman–Crippen MR) is 109 cm³/mol. The van der Waals surface area contributed by atoms with Crippen LogP contribution in [0.4, 0.5) is 11.4 Å². The fraction of sp³-hybridized carbons (Fsp3) is 0.333. The highest BCUT2D eigenvalue weighted by atomic mass is 35.5. The van der Waals surface area contributed by atoms with E-state index in [1.165, 1.54) is 6.07 Å². The summed E-state index contributed by atoms with van der Waals surface area (Å²) in [5.74, 6) is -1.07. The van der Waals surface area contributed by atoms with Crippen molar-refractivity contribution in [1.29, 1.82) is 0 Å². The molecule has 3 rings (SSSR count). The lowest BCUT2D eigenvalue weighted by Gasteiger charge is -2.32. The summed E-state index contributed by atoms with van der Waals surface area (Å²) < 4.78 is 5.39. The zero-order valence-corrected chi connectivity index (χ0v) is 16.7. The molecule has 0 bridgehead atoms. The Morgan fingerprint density at radius 1 is 1.17 bits per heavy atom. The Kier molecular flexibility index (Phi) is 6.49. The molecule has 1 aliphatic rings. The molecule has 2 aromatic carbocycles. The van der Waals surface area contributed by atoms with Gasteiger partial charge in [-0.3, -0.25) is 19.7 Å². The average molecular weight is 417 g/mol. The highest BCUT2D eigenvalue weighted by Crippen LogP contribution is 2.31. The van der Waals surface area contributed by atoms with Crippen molar-refractivity contribution < 1.29 is 19.2 Å². The van der Waals surface area contributed by atoms with E-state index in [2.05, 4.69) is 0 Å². The molecule has 29 heavy (non-hydrogen) atoms. The van der Waals surface area contributed by atoms with Crippen LogP contribution in [0, 0.1) is 16.0 Å². The first kappa shape index (κ1) is 20.8. The fourth-order valence-corrected chi connectivity index (χ4v) is 3.63.